The van der Waals surface area contributed by atoms with Crippen molar-refractivity contribution < 1.29 is 9.18 Å². The van der Waals surface area contributed by atoms with E-state index in [1.54, 1.807) is 37.4 Å². The number of ketones is 1. The molecule has 0 bridgehead atoms. The van der Waals surface area contributed by atoms with Gasteiger partial charge in [-0.25, -0.2) is 4.39 Å². The van der Waals surface area contributed by atoms with Crippen LogP contribution >= 0.6 is 15.9 Å². The first-order valence-electron chi connectivity index (χ1n) is 5.01. The summed E-state index contributed by atoms with van der Waals surface area (Å²) in [7, 11) is 0. The Bertz CT molecular complexity index is 583. The summed E-state index contributed by atoms with van der Waals surface area (Å²) in [6.45, 7) is 1.73. The van der Waals surface area contributed by atoms with Gasteiger partial charge in [0.25, 0.3) is 0 Å². The largest absolute Gasteiger partial charge is 0.288 e. The predicted molar refractivity (Wildman–Crippen MR) is 66.5 cm³/mol. The Hall–Kier alpha value is -1.55. The first-order valence-corrected chi connectivity index (χ1v) is 5.81. The summed E-state index contributed by atoms with van der Waals surface area (Å²) >= 11 is 3.06. The lowest BCUT2D eigenvalue weighted by atomic mass is 10.0. The number of carbonyl (C=O) groups excluding carboxylic acids is 1. The number of benzene rings is 1. The summed E-state index contributed by atoms with van der Waals surface area (Å²) in [6.07, 6.45) is 1.60. The molecule has 1 aromatic carbocycles. The molecule has 0 unspecified atom stereocenters. The van der Waals surface area contributed by atoms with Gasteiger partial charge in [0.2, 0.25) is 0 Å². The number of aryl methyl sites for hydroxylation is 1. The van der Waals surface area contributed by atoms with E-state index in [0.717, 1.165) is 0 Å². The van der Waals surface area contributed by atoms with E-state index in [1.165, 1.54) is 6.07 Å². The van der Waals surface area contributed by atoms with Gasteiger partial charge >= 0.3 is 0 Å². The first-order chi connectivity index (χ1) is 8.11. The van der Waals surface area contributed by atoms with Crippen molar-refractivity contribution in [2.45, 2.75) is 6.92 Å². The fourth-order valence-electron chi connectivity index (χ4n) is 1.55. The zero-order valence-corrected chi connectivity index (χ0v) is 10.7. The maximum Gasteiger partial charge on any atom is 0.197 e. The van der Waals surface area contributed by atoms with E-state index in [1.807, 2.05) is 0 Å². The van der Waals surface area contributed by atoms with Crippen LogP contribution in [0.3, 0.4) is 0 Å². The molecule has 0 aliphatic heterocycles. The van der Waals surface area contributed by atoms with Gasteiger partial charge in [0, 0.05) is 17.5 Å². The van der Waals surface area contributed by atoms with Gasteiger partial charge in [0.1, 0.15) is 5.82 Å². The second-order valence-electron chi connectivity index (χ2n) is 3.57. The third kappa shape index (κ3) is 2.26. The van der Waals surface area contributed by atoms with Crippen molar-refractivity contribution in [3.8, 4) is 0 Å². The van der Waals surface area contributed by atoms with Crippen molar-refractivity contribution in [3.05, 3.63) is 63.6 Å². The summed E-state index contributed by atoms with van der Waals surface area (Å²) < 4.78 is 14.1. The maximum absolute atomic E-state index is 13.8. The number of hydrogen-bond donors (Lipinski definition) is 0. The van der Waals surface area contributed by atoms with E-state index < -0.39 is 5.82 Å². The summed E-state index contributed by atoms with van der Waals surface area (Å²) in [4.78, 5) is 16.2. The van der Waals surface area contributed by atoms with Gasteiger partial charge in [-0.3, -0.25) is 9.78 Å². The standard InChI is InChI=1S/C13H9BrFNO/c1-8-9(5-3-7-16-8)13(17)10-4-2-6-11(14)12(10)15/h2-7H,1H3. The molecule has 0 spiro atoms. The minimum Gasteiger partial charge on any atom is -0.288 e. The third-order valence-corrected chi connectivity index (χ3v) is 3.06. The molecular formula is C13H9BrFNO. The van der Waals surface area contributed by atoms with Crippen LogP contribution in [0.2, 0.25) is 0 Å². The minimum absolute atomic E-state index is 0.0514. The number of nitrogens with zero attached hydrogens (tertiary/aromatic N) is 1. The van der Waals surface area contributed by atoms with Gasteiger partial charge in [-0.1, -0.05) is 6.07 Å². The molecule has 86 valence electrons. The lowest BCUT2D eigenvalue weighted by Crippen LogP contribution is -2.07. The molecule has 0 radical (unpaired) electrons. The fourth-order valence-corrected chi connectivity index (χ4v) is 1.91. The highest BCUT2D eigenvalue weighted by molar-refractivity contribution is 9.10. The first kappa shape index (κ1) is 11.9. The topological polar surface area (TPSA) is 30.0 Å². The van der Waals surface area contributed by atoms with Gasteiger partial charge < -0.3 is 0 Å². The highest BCUT2D eigenvalue weighted by Gasteiger charge is 2.17. The molecular weight excluding hydrogens is 285 g/mol. The molecule has 0 aliphatic rings. The molecule has 4 heteroatoms. The molecule has 0 aliphatic carbocycles. The van der Waals surface area contributed by atoms with Gasteiger partial charge in [0.15, 0.2) is 5.78 Å². The van der Waals surface area contributed by atoms with Crippen molar-refractivity contribution >= 4 is 21.7 Å². The van der Waals surface area contributed by atoms with Crippen LogP contribution in [-0.2, 0) is 0 Å². The van der Waals surface area contributed by atoms with Gasteiger partial charge in [-0.2, -0.15) is 0 Å². The van der Waals surface area contributed by atoms with Crippen molar-refractivity contribution in [2.75, 3.05) is 0 Å². The van der Waals surface area contributed by atoms with Crippen molar-refractivity contribution in [1.82, 2.24) is 4.98 Å². The molecule has 0 atom stereocenters. The van der Waals surface area contributed by atoms with Gasteiger partial charge in [-0.15, -0.1) is 0 Å². The van der Waals surface area contributed by atoms with Crippen LogP contribution < -0.4 is 0 Å². The second-order valence-corrected chi connectivity index (χ2v) is 4.42. The SMILES string of the molecule is Cc1ncccc1C(=O)c1cccc(Br)c1F. The number of halogens is 2. The molecule has 17 heavy (non-hydrogen) atoms. The quantitative estimate of drug-likeness (QED) is 0.793. The molecule has 1 aromatic heterocycles. The number of carbonyl (C=O) groups is 1. The van der Waals surface area contributed by atoms with Crippen LogP contribution in [0.1, 0.15) is 21.6 Å². The zero-order chi connectivity index (χ0) is 12.4. The van der Waals surface area contributed by atoms with E-state index >= 15 is 0 Å². The van der Waals surface area contributed by atoms with Crippen LogP contribution in [0.15, 0.2) is 41.0 Å². The van der Waals surface area contributed by atoms with E-state index in [4.69, 9.17) is 0 Å². The molecule has 2 aromatic rings. The predicted octanol–water partition coefficient (Wildman–Crippen LogP) is 3.52. The highest BCUT2D eigenvalue weighted by Crippen LogP contribution is 2.21. The Labute approximate surface area is 107 Å². The minimum atomic E-state index is -0.541. The molecule has 0 fully saturated rings. The second kappa shape index (κ2) is 4.75. The van der Waals surface area contributed by atoms with Gasteiger partial charge in [0.05, 0.1) is 10.0 Å². The van der Waals surface area contributed by atoms with Crippen LogP contribution in [0.5, 0.6) is 0 Å². The average molecular weight is 294 g/mol. The Morgan fingerprint density at radius 1 is 1.24 bits per heavy atom. The van der Waals surface area contributed by atoms with E-state index in [0.29, 0.717) is 11.3 Å². The average Bonchev–Trinajstić information content (AvgIpc) is 2.32. The lowest BCUT2D eigenvalue weighted by Gasteiger charge is -2.05. The van der Waals surface area contributed by atoms with Crippen molar-refractivity contribution in [1.29, 1.82) is 0 Å². The van der Waals surface area contributed by atoms with E-state index in [2.05, 4.69) is 20.9 Å². The number of rotatable bonds is 2. The Morgan fingerprint density at radius 2 is 1.94 bits per heavy atom. The van der Waals surface area contributed by atoms with E-state index in [-0.39, 0.29) is 15.8 Å². The summed E-state index contributed by atoms with van der Waals surface area (Å²) in [5.41, 5.74) is 1.07. The Balaban J connectivity index is 2.52. The normalized spacial score (nSPS) is 10.3. The molecule has 0 saturated heterocycles. The molecule has 2 rings (SSSR count). The maximum atomic E-state index is 13.8. The number of aromatic nitrogens is 1. The zero-order valence-electron chi connectivity index (χ0n) is 9.08. The van der Waals surface area contributed by atoms with Crippen molar-refractivity contribution in [3.63, 3.8) is 0 Å². The van der Waals surface area contributed by atoms with Crippen LogP contribution in [0, 0.1) is 12.7 Å². The third-order valence-electron chi connectivity index (χ3n) is 2.45. The summed E-state index contributed by atoms with van der Waals surface area (Å²) in [6, 6.07) is 7.96. The summed E-state index contributed by atoms with van der Waals surface area (Å²) in [5, 5.41) is 0. The Kier molecular flexibility index (Phi) is 3.33. The molecule has 1 heterocycles. The van der Waals surface area contributed by atoms with Crippen LogP contribution in [0.4, 0.5) is 4.39 Å². The molecule has 0 N–H and O–H groups in total. The van der Waals surface area contributed by atoms with E-state index in [9.17, 15) is 9.18 Å². The van der Waals surface area contributed by atoms with Crippen LogP contribution in [-0.4, -0.2) is 10.8 Å². The number of hydrogen-bond acceptors (Lipinski definition) is 2. The molecule has 2 nitrogen and oxygen atoms in total. The smallest absolute Gasteiger partial charge is 0.197 e. The lowest BCUT2D eigenvalue weighted by molar-refractivity contribution is 0.103. The number of pyridine rings is 1. The monoisotopic (exact) mass is 293 g/mol. The molecule has 0 saturated carbocycles. The van der Waals surface area contributed by atoms with Gasteiger partial charge in [-0.05, 0) is 47.1 Å². The summed E-state index contributed by atoms with van der Waals surface area (Å²) in [5.74, 6) is -0.893. The molecule has 0 amide bonds. The van der Waals surface area contributed by atoms with Crippen LogP contribution in [0.25, 0.3) is 0 Å². The Morgan fingerprint density at radius 3 is 2.65 bits per heavy atom. The van der Waals surface area contributed by atoms with Crippen molar-refractivity contribution in [2.24, 2.45) is 0 Å². The highest BCUT2D eigenvalue weighted by atomic mass is 79.9. The fraction of sp³-hybridized carbons (Fsp3) is 0.0769.